The molecule has 1 fully saturated rings. The molecule has 0 saturated carbocycles. The smallest absolute Gasteiger partial charge is 0.279 e. The summed E-state index contributed by atoms with van der Waals surface area (Å²) in [5.41, 5.74) is 2.22. The zero-order valence-electron chi connectivity index (χ0n) is 16.2. The van der Waals surface area contributed by atoms with Crippen molar-refractivity contribution in [2.45, 2.75) is 19.4 Å². The number of rotatable bonds is 7. The Kier molecular flexibility index (Phi) is 6.39. The number of nitrogens with zero attached hydrogens (tertiary/aromatic N) is 2. The molecule has 6 nitrogen and oxygen atoms in total. The molecule has 4 rings (SSSR count). The monoisotopic (exact) mass is 411 g/mol. The summed E-state index contributed by atoms with van der Waals surface area (Å²) in [7, 11) is 0. The first kappa shape index (κ1) is 19.8. The number of amides is 1. The number of fused-ring (bicyclic) bond motifs is 1. The van der Waals surface area contributed by atoms with Crippen LogP contribution in [-0.4, -0.2) is 47.1 Å². The number of benzene rings is 2. The number of aliphatic hydroxyl groups is 1. The molecule has 0 atom stereocenters. The van der Waals surface area contributed by atoms with E-state index < -0.39 is 6.61 Å². The number of para-hydroxylation sites is 1. The molecule has 0 radical (unpaired) electrons. The van der Waals surface area contributed by atoms with Gasteiger partial charge in [0.1, 0.15) is 12.4 Å². The number of ether oxygens (including phenoxy) is 1. The van der Waals surface area contributed by atoms with E-state index in [0.29, 0.717) is 17.7 Å². The summed E-state index contributed by atoms with van der Waals surface area (Å²) in [6, 6.07) is 16.2. The summed E-state index contributed by atoms with van der Waals surface area (Å²) < 4.78 is 7.04. The Morgan fingerprint density at radius 1 is 1.17 bits per heavy atom. The minimum absolute atomic E-state index is 0.291. The standard InChI is InChI=1S/C22H25N3O3S/c26-15-21(27)23-13-16-9-11-25(12-10-16)14-17-5-7-18(8-6-17)28-22-24-19-3-1-2-4-20(19)29-22/h1-8,16,26H,9-15H2,(H,23,27). The second-order valence-corrected chi connectivity index (χ2v) is 8.37. The molecule has 0 bridgehead atoms. The van der Waals surface area contributed by atoms with Crippen LogP contribution in [0.2, 0.25) is 0 Å². The maximum absolute atomic E-state index is 11.2. The summed E-state index contributed by atoms with van der Waals surface area (Å²) in [6.07, 6.45) is 2.12. The van der Waals surface area contributed by atoms with Crippen molar-refractivity contribution < 1.29 is 14.6 Å². The SMILES string of the molecule is O=C(CO)NCC1CCN(Cc2ccc(Oc3nc4ccccc4s3)cc2)CC1. The van der Waals surface area contributed by atoms with Crippen molar-refractivity contribution in [2.24, 2.45) is 5.92 Å². The van der Waals surface area contributed by atoms with E-state index in [4.69, 9.17) is 9.84 Å². The Balaban J connectivity index is 1.26. The van der Waals surface area contributed by atoms with Crippen LogP contribution >= 0.6 is 11.3 Å². The molecular weight excluding hydrogens is 386 g/mol. The van der Waals surface area contributed by atoms with Gasteiger partial charge in [0.15, 0.2) is 0 Å². The van der Waals surface area contributed by atoms with Gasteiger partial charge in [0.2, 0.25) is 5.91 Å². The first-order valence-electron chi connectivity index (χ1n) is 9.92. The van der Waals surface area contributed by atoms with E-state index in [1.807, 2.05) is 36.4 Å². The molecule has 7 heteroatoms. The normalized spacial score (nSPS) is 15.5. The van der Waals surface area contributed by atoms with Gasteiger partial charge in [0.25, 0.3) is 5.19 Å². The number of thiazole rings is 1. The van der Waals surface area contributed by atoms with Crippen LogP contribution in [0.15, 0.2) is 48.5 Å². The van der Waals surface area contributed by atoms with Crippen LogP contribution in [0.25, 0.3) is 10.2 Å². The third-order valence-electron chi connectivity index (χ3n) is 5.25. The molecule has 0 unspecified atom stereocenters. The van der Waals surface area contributed by atoms with E-state index in [1.165, 1.54) is 5.56 Å². The largest absolute Gasteiger partial charge is 0.431 e. The highest BCUT2D eigenvalue weighted by atomic mass is 32.1. The van der Waals surface area contributed by atoms with Crippen molar-refractivity contribution in [3.05, 3.63) is 54.1 Å². The van der Waals surface area contributed by atoms with Gasteiger partial charge >= 0.3 is 0 Å². The Bertz CT molecular complexity index is 916. The average Bonchev–Trinajstić information content (AvgIpc) is 3.16. The molecule has 0 spiro atoms. The van der Waals surface area contributed by atoms with Gasteiger partial charge in [-0.1, -0.05) is 35.6 Å². The fraction of sp³-hybridized carbons (Fsp3) is 0.364. The summed E-state index contributed by atoms with van der Waals surface area (Å²) >= 11 is 1.55. The maximum atomic E-state index is 11.2. The van der Waals surface area contributed by atoms with E-state index in [1.54, 1.807) is 11.3 Å². The van der Waals surface area contributed by atoms with E-state index in [-0.39, 0.29) is 5.91 Å². The predicted molar refractivity (Wildman–Crippen MR) is 114 cm³/mol. The van der Waals surface area contributed by atoms with Crippen molar-refractivity contribution in [1.82, 2.24) is 15.2 Å². The molecule has 152 valence electrons. The van der Waals surface area contributed by atoms with Crippen LogP contribution in [0.1, 0.15) is 18.4 Å². The lowest BCUT2D eigenvalue weighted by Crippen LogP contribution is -2.38. The molecule has 1 aliphatic rings. The second kappa shape index (κ2) is 9.35. The first-order chi connectivity index (χ1) is 14.2. The van der Waals surface area contributed by atoms with Gasteiger partial charge in [0.05, 0.1) is 10.2 Å². The van der Waals surface area contributed by atoms with Gasteiger partial charge in [-0.3, -0.25) is 9.69 Å². The zero-order valence-corrected chi connectivity index (χ0v) is 17.0. The molecule has 1 saturated heterocycles. The van der Waals surface area contributed by atoms with Crippen molar-refractivity contribution >= 4 is 27.5 Å². The van der Waals surface area contributed by atoms with Crippen molar-refractivity contribution in [3.63, 3.8) is 0 Å². The number of carbonyl (C=O) groups is 1. The number of nitrogens with one attached hydrogen (secondary N) is 1. The second-order valence-electron chi connectivity index (χ2n) is 7.38. The number of aromatic nitrogens is 1. The molecule has 1 aromatic heterocycles. The lowest BCUT2D eigenvalue weighted by Gasteiger charge is -2.32. The van der Waals surface area contributed by atoms with Gasteiger partial charge in [0, 0.05) is 13.1 Å². The summed E-state index contributed by atoms with van der Waals surface area (Å²) in [5, 5.41) is 12.2. The van der Waals surface area contributed by atoms with Crippen molar-refractivity contribution in [2.75, 3.05) is 26.2 Å². The van der Waals surface area contributed by atoms with E-state index in [2.05, 4.69) is 27.3 Å². The predicted octanol–water partition coefficient (Wildman–Crippen LogP) is 3.41. The van der Waals surface area contributed by atoms with Crippen LogP contribution < -0.4 is 10.1 Å². The Hall–Kier alpha value is -2.48. The van der Waals surface area contributed by atoms with E-state index in [0.717, 1.165) is 48.4 Å². The number of carbonyl (C=O) groups excluding carboxylic acids is 1. The number of likely N-dealkylation sites (tertiary alicyclic amines) is 1. The summed E-state index contributed by atoms with van der Waals surface area (Å²) in [6.45, 7) is 3.17. The number of piperidine rings is 1. The number of hydrogen-bond donors (Lipinski definition) is 2. The third kappa shape index (κ3) is 5.32. The molecule has 0 aliphatic carbocycles. The lowest BCUT2D eigenvalue weighted by atomic mass is 9.96. The topological polar surface area (TPSA) is 74.7 Å². The van der Waals surface area contributed by atoms with Crippen molar-refractivity contribution in [3.8, 4) is 10.9 Å². The van der Waals surface area contributed by atoms with Gasteiger partial charge in [-0.15, -0.1) is 0 Å². The lowest BCUT2D eigenvalue weighted by molar-refractivity contribution is -0.124. The number of aliphatic hydroxyl groups excluding tert-OH is 1. The fourth-order valence-electron chi connectivity index (χ4n) is 3.58. The van der Waals surface area contributed by atoms with Gasteiger partial charge < -0.3 is 15.2 Å². The van der Waals surface area contributed by atoms with Crippen LogP contribution in [0.4, 0.5) is 0 Å². The minimum atomic E-state index is -0.433. The van der Waals surface area contributed by atoms with Gasteiger partial charge in [-0.05, 0) is 61.7 Å². The Morgan fingerprint density at radius 2 is 1.93 bits per heavy atom. The maximum Gasteiger partial charge on any atom is 0.279 e. The Morgan fingerprint density at radius 3 is 2.66 bits per heavy atom. The van der Waals surface area contributed by atoms with Crippen LogP contribution in [0.3, 0.4) is 0 Å². The van der Waals surface area contributed by atoms with Crippen LogP contribution in [0.5, 0.6) is 10.9 Å². The third-order valence-corrected chi connectivity index (χ3v) is 6.16. The van der Waals surface area contributed by atoms with Gasteiger partial charge in [-0.25, -0.2) is 4.98 Å². The first-order valence-corrected chi connectivity index (χ1v) is 10.7. The van der Waals surface area contributed by atoms with E-state index >= 15 is 0 Å². The highest BCUT2D eigenvalue weighted by molar-refractivity contribution is 7.20. The average molecular weight is 412 g/mol. The molecule has 1 amide bonds. The van der Waals surface area contributed by atoms with Gasteiger partial charge in [-0.2, -0.15) is 0 Å². The Labute approximate surface area is 174 Å². The summed E-state index contributed by atoms with van der Waals surface area (Å²) in [5.74, 6) is 0.998. The van der Waals surface area contributed by atoms with Crippen molar-refractivity contribution in [1.29, 1.82) is 0 Å². The molecule has 2 heterocycles. The fourth-order valence-corrected chi connectivity index (χ4v) is 4.41. The molecule has 2 aromatic carbocycles. The molecular formula is C22H25N3O3S. The zero-order chi connectivity index (χ0) is 20.1. The minimum Gasteiger partial charge on any atom is -0.431 e. The quantitative estimate of drug-likeness (QED) is 0.623. The number of hydrogen-bond acceptors (Lipinski definition) is 6. The summed E-state index contributed by atoms with van der Waals surface area (Å²) in [4.78, 5) is 18.1. The van der Waals surface area contributed by atoms with Crippen LogP contribution in [0, 0.1) is 5.92 Å². The molecule has 2 N–H and O–H groups in total. The molecule has 29 heavy (non-hydrogen) atoms. The molecule has 3 aromatic rings. The molecule has 1 aliphatic heterocycles. The highest BCUT2D eigenvalue weighted by Crippen LogP contribution is 2.31. The highest BCUT2D eigenvalue weighted by Gasteiger charge is 2.19. The van der Waals surface area contributed by atoms with E-state index in [9.17, 15) is 4.79 Å². The van der Waals surface area contributed by atoms with Crippen LogP contribution in [-0.2, 0) is 11.3 Å².